The van der Waals surface area contributed by atoms with Gasteiger partial charge in [-0.05, 0) is 48.5 Å². The number of carbonyl (C=O) groups excluding carboxylic acids is 2. The van der Waals surface area contributed by atoms with Gasteiger partial charge in [0.15, 0.2) is 0 Å². The summed E-state index contributed by atoms with van der Waals surface area (Å²) in [7, 11) is 0. The zero-order valence-corrected chi connectivity index (χ0v) is 11.8. The van der Waals surface area contributed by atoms with Gasteiger partial charge in [0.1, 0.15) is 5.82 Å². The molecular weight excluding hydrogens is 327 g/mol. The Balaban J connectivity index is 1.96. The van der Waals surface area contributed by atoms with Gasteiger partial charge in [-0.2, -0.15) is 0 Å². The molecule has 2 N–H and O–H groups in total. The summed E-state index contributed by atoms with van der Waals surface area (Å²) in [4.78, 5) is 23.3. The van der Waals surface area contributed by atoms with Crippen LogP contribution < -0.4 is 10.6 Å². The number of hydrogen-bond donors (Lipinski definition) is 2. The monoisotopic (exact) mass is 336 g/mol. The number of hydrogen-bond acceptors (Lipinski definition) is 2. The first-order valence-electron chi connectivity index (χ1n) is 5.68. The summed E-state index contributed by atoms with van der Waals surface area (Å²) in [5.74, 6) is -2.03. The smallest absolute Gasteiger partial charge is 0.314 e. The molecule has 2 aromatic carbocycles. The Morgan fingerprint density at radius 1 is 0.800 bits per heavy atom. The summed E-state index contributed by atoms with van der Waals surface area (Å²) in [5.41, 5.74) is 0.856. The van der Waals surface area contributed by atoms with Crippen molar-refractivity contribution in [3.8, 4) is 0 Å². The van der Waals surface area contributed by atoms with Crippen molar-refractivity contribution in [2.75, 3.05) is 10.6 Å². The second kappa shape index (κ2) is 6.29. The van der Waals surface area contributed by atoms with Gasteiger partial charge in [0, 0.05) is 15.8 Å². The second-order valence-electron chi connectivity index (χ2n) is 3.92. The van der Waals surface area contributed by atoms with E-state index in [1.54, 1.807) is 24.3 Å². The van der Waals surface area contributed by atoms with Gasteiger partial charge in [-0.3, -0.25) is 9.59 Å². The number of anilines is 2. The fourth-order valence-corrected chi connectivity index (χ4v) is 1.71. The van der Waals surface area contributed by atoms with Gasteiger partial charge in [0.25, 0.3) is 0 Å². The lowest BCUT2D eigenvalue weighted by atomic mass is 10.3. The molecule has 102 valence electrons. The molecule has 0 unspecified atom stereocenters. The van der Waals surface area contributed by atoms with E-state index in [1.165, 1.54) is 24.3 Å². The van der Waals surface area contributed by atoms with Crippen LogP contribution in [-0.4, -0.2) is 11.8 Å². The van der Waals surface area contributed by atoms with E-state index >= 15 is 0 Å². The molecule has 0 atom stereocenters. The highest BCUT2D eigenvalue weighted by atomic mass is 79.9. The van der Waals surface area contributed by atoms with Crippen molar-refractivity contribution in [1.29, 1.82) is 0 Å². The Hall–Kier alpha value is -2.21. The van der Waals surface area contributed by atoms with Gasteiger partial charge < -0.3 is 10.6 Å². The molecule has 2 rings (SSSR count). The number of halogens is 2. The SMILES string of the molecule is O=C(Nc1ccc(F)cc1)C(=O)Nc1ccc(Br)cc1. The third-order valence-corrected chi connectivity index (χ3v) is 2.94. The Morgan fingerprint density at radius 2 is 1.20 bits per heavy atom. The van der Waals surface area contributed by atoms with Crippen molar-refractivity contribution >= 4 is 39.1 Å². The average Bonchev–Trinajstić information content (AvgIpc) is 2.44. The molecule has 0 bridgehead atoms. The highest BCUT2D eigenvalue weighted by Crippen LogP contribution is 2.14. The fourth-order valence-electron chi connectivity index (χ4n) is 1.44. The van der Waals surface area contributed by atoms with E-state index in [2.05, 4.69) is 26.6 Å². The average molecular weight is 337 g/mol. The van der Waals surface area contributed by atoms with E-state index in [1.807, 2.05) is 0 Å². The fraction of sp³-hybridized carbons (Fsp3) is 0. The van der Waals surface area contributed by atoms with Crippen molar-refractivity contribution in [2.45, 2.75) is 0 Å². The standard InChI is InChI=1S/C14H10BrFN2O2/c15-9-1-5-11(6-2-9)17-13(19)14(20)18-12-7-3-10(16)4-8-12/h1-8H,(H,17,19)(H,18,20). The molecule has 0 fully saturated rings. The van der Waals surface area contributed by atoms with Gasteiger partial charge >= 0.3 is 11.8 Å². The van der Waals surface area contributed by atoms with Crippen LogP contribution in [0.2, 0.25) is 0 Å². The molecule has 4 nitrogen and oxygen atoms in total. The number of benzene rings is 2. The van der Waals surface area contributed by atoms with Crippen LogP contribution in [0, 0.1) is 5.82 Å². The molecule has 6 heteroatoms. The number of carbonyl (C=O) groups is 2. The van der Waals surface area contributed by atoms with Gasteiger partial charge in [-0.15, -0.1) is 0 Å². The van der Waals surface area contributed by atoms with E-state index < -0.39 is 17.6 Å². The lowest BCUT2D eigenvalue weighted by Crippen LogP contribution is -2.29. The number of amides is 2. The molecule has 2 aromatic rings. The Labute approximate surface area is 123 Å². The summed E-state index contributed by atoms with van der Waals surface area (Å²) >= 11 is 3.27. The minimum Gasteiger partial charge on any atom is -0.318 e. The van der Waals surface area contributed by atoms with Crippen molar-refractivity contribution in [3.63, 3.8) is 0 Å². The number of nitrogens with one attached hydrogen (secondary N) is 2. The van der Waals surface area contributed by atoms with E-state index in [0.29, 0.717) is 11.4 Å². The minimum atomic E-state index is -0.820. The number of rotatable bonds is 2. The van der Waals surface area contributed by atoms with Crippen LogP contribution in [0.4, 0.5) is 15.8 Å². The van der Waals surface area contributed by atoms with Gasteiger partial charge in [-0.25, -0.2) is 4.39 Å². The van der Waals surface area contributed by atoms with E-state index in [-0.39, 0.29) is 0 Å². The summed E-state index contributed by atoms with van der Waals surface area (Å²) in [6, 6.07) is 12.0. The summed E-state index contributed by atoms with van der Waals surface area (Å²) in [6.07, 6.45) is 0. The van der Waals surface area contributed by atoms with Crippen LogP contribution >= 0.6 is 15.9 Å². The van der Waals surface area contributed by atoms with Gasteiger partial charge in [-0.1, -0.05) is 15.9 Å². The van der Waals surface area contributed by atoms with Crippen LogP contribution in [-0.2, 0) is 9.59 Å². The molecule has 20 heavy (non-hydrogen) atoms. The Bertz CT molecular complexity index is 569. The molecule has 0 spiro atoms. The summed E-state index contributed by atoms with van der Waals surface area (Å²) in [6.45, 7) is 0. The van der Waals surface area contributed by atoms with Crippen molar-refractivity contribution in [3.05, 3.63) is 58.8 Å². The normalized spacial score (nSPS) is 9.90. The molecule has 0 radical (unpaired) electrons. The van der Waals surface area contributed by atoms with Crippen LogP contribution in [0.15, 0.2) is 53.0 Å². The van der Waals surface area contributed by atoms with Crippen LogP contribution in [0.5, 0.6) is 0 Å². The topological polar surface area (TPSA) is 58.2 Å². The van der Waals surface area contributed by atoms with Crippen LogP contribution in [0.25, 0.3) is 0 Å². The summed E-state index contributed by atoms with van der Waals surface area (Å²) < 4.78 is 13.6. The van der Waals surface area contributed by atoms with Crippen molar-refractivity contribution in [2.24, 2.45) is 0 Å². The van der Waals surface area contributed by atoms with Gasteiger partial charge in [0.2, 0.25) is 0 Å². The molecule has 0 aliphatic carbocycles. The molecule has 0 heterocycles. The first kappa shape index (κ1) is 14.2. The van der Waals surface area contributed by atoms with E-state index in [9.17, 15) is 14.0 Å². The first-order valence-corrected chi connectivity index (χ1v) is 6.47. The lowest BCUT2D eigenvalue weighted by Gasteiger charge is -2.06. The van der Waals surface area contributed by atoms with Gasteiger partial charge in [0.05, 0.1) is 0 Å². The molecule has 0 saturated heterocycles. The second-order valence-corrected chi connectivity index (χ2v) is 4.84. The zero-order chi connectivity index (χ0) is 14.5. The maximum Gasteiger partial charge on any atom is 0.314 e. The largest absolute Gasteiger partial charge is 0.318 e. The Kier molecular flexibility index (Phi) is 4.47. The molecule has 0 aromatic heterocycles. The molecule has 0 aliphatic rings. The lowest BCUT2D eigenvalue weighted by molar-refractivity contribution is -0.132. The van der Waals surface area contributed by atoms with E-state index in [0.717, 1.165) is 4.47 Å². The van der Waals surface area contributed by atoms with Crippen LogP contribution in [0.1, 0.15) is 0 Å². The van der Waals surface area contributed by atoms with Crippen molar-refractivity contribution in [1.82, 2.24) is 0 Å². The predicted octanol–water partition coefficient (Wildman–Crippen LogP) is 3.17. The van der Waals surface area contributed by atoms with E-state index in [4.69, 9.17) is 0 Å². The predicted molar refractivity (Wildman–Crippen MR) is 77.8 cm³/mol. The first-order chi connectivity index (χ1) is 9.54. The Morgan fingerprint density at radius 3 is 1.65 bits per heavy atom. The molecular formula is C14H10BrFN2O2. The zero-order valence-electron chi connectivity index (χ0n) is 10.2. The van der Waals surface area contributed by atoms with Crippen LogP contribution in [0.3, 0.4) is 0 Å². The third kappa shape index (κ3) is 3.89. The maximum absolute atomic E-state index is 12.7. The highest BCUT2D eigenvalue weighted by Gasteiger charge is 2.13. The minimum absolute atomic E-state index is 0.349. The molecule has 2 amide bonds. The molecule has 0 saturated carbocycles. The summed E-state index contributed by atoms with van der Waals surface area (Å²) in [5, 5.41) is 4.83. The third-order valence-electron chi connectivity index (χ3n) is 2.41. The maximum atomic E-state index is 12.7. The van der Waals surface area contributed by atoms with Crippen molar-refractivity contribution < 1.29 is 14.0 Å². The molecule has 0 aliphatic heterocycles. The highest BCUT2D eigenvalue weighted by molar-refractivity contribution is 9.10. The quantitative estimate of drug-likeness (QED) is 0.827.